The number of allylic oxidation sites excluding steroid dienone is 1. The topological polar surface area (TPSA) is 113 Å². The van der Waals surface area contributed by atoms with Crippen LogP contribution in [0.4, 0.5) is 5.69 Å². The molecule has 8 rings (SSSR count). The van der Waals surface area contributed by atoms with Crippen LogP contribution in [0.1, 0.15) is 67.4 Å². The van der Waals surface area contributed by atoms with Crippen molar-refractivity contribution in [3.63, 3.8) is 0 Å². The highest BCUT2D eigenvalue weighted by atomic mass is 35.5. The lowest BCUT2D eigenvalue weighted by molar-refractivity contribution is 0.0496. The summed E-state index contributed by atoms with van der Waals surface area (Å²) in [6.07, 6.45) is 6.99. The minimum atomic E-state index is -4.23. The number of piperazine rings is 1. The van der Waals surface area contributed by atoms with E-state index in [4.69, 9.17) is 25.8 Å². The zero-order chi connectivity index (χ0) is 41.1. The van der Waals surface area contributed by atoms with Crippen LogP contribution in [0.3, 0.4) is 0 Å². The van der Waals surface area contributed by atoms with Gasteiger partial charge >= 0.3 is 0 Å². The van der Waals surface area contributed by atoms with Crippen molar-refractivity contribution in [2.45, 2.75) is 57.8 Å². The van der Waals surface area contributed by atoms with E-state index in [0.717, 1.165) is 99.7 Å². The summed E-state index contributed by atoms with van der Waals surface area (Å²) in [7, 11) is -4.23. The highest BCUT2D eigenvalue weighted by molar-refractivity contribution is 7.90. The number of nitrogens with zero attached hydrogens (tertiary/aromatic N) is 2. The van der Waals surface area contributed by atoms with Gasteiger partial charge in [-0.25, -0.2) is 13.1 Å². The molecule has 59 heavy (non-hydrogen) atoms. The molecule has 1 amide bonds. The Morgan fingerprint density at radius 3 is 2.47 bits per heavy atom. The number of fused-ring (bicyclic) bond motifs is 1. The van der Waals surface area contributed by atoms with Crippen LogP contribution in [0.2, 0.25) is 5.02 Å². The fraction of sp³-hybridized carbons (Fsp3) is 0.383. The Bertz CT molecular complexity index is 2450. The fourth-order valence-electron chi connectivity index (χ4n) is 8.45. The summed E-state index contributed by atoms with van der Waals surface area (Å²) in [6.45, 7) is 12.8. The van der Waals surface area contributed by atoms with Gasteiger partial charge in [-0.1, -0.05) is 49.2 Å². The number of amides is 1. The van der Waals surface area contributed by atoms with Crippen molar-refractivity contribution in [2.75, 3.05) is 57.4 Å². The monoisotopic (exact) mass is 836 g/mol. The molecule has 0 saturated carbocycles. The fourth-order valence-corrected chi connectivity index (χ4v) is 9.63. The van der Waals surface area contributed by atoms with E-state index in [1.54, 1.807) is 19.1 Å². The Kier molecular flexibility index (Phi) is 12.1. The molecule has 4 aromatic carbocycles. The summed E-state index contributed by atoms with van der Waals surface area (Å²) in [5.74, 6) is 1.05. The molecule has 2 fully saturated rings. The second-order valence-corrected chi connectivity index (χ2v) is 19.0. The van der Waals surface area contributed by atoms with Crippen LogP contribution in [0.5, 0.6) is 17.2 Å². The maximum absolute atomic E-state index is 14.0. The van der Waals surface area contributed by atoms with Gasteiger partial charge in [-0.15, -0.1) is 0 Å². The Labute approximate surface area is 352 Å². The van der Waals surface area contributed by atoms with Crippen LogP contribution >= 0.6 is 11.6 Å². The predicted molar refractivity (Wildman–Crippen MR) is 234 cm³/mol. The Hall–Kier alpha value is -4.81. The molecule has 0 atom stereocenters. The van der Waals surface area contributed by atoms with Crippen molar-refractivity contribution in [1.29, 1.82) is 0 Å². The number of halogens is 1. The summed E-state index contributed by atoms with van der Waals surface area (Å²) in [4.78, 5) is 22.0. The largest absolute Gasteiger partial charge is 0.493 e. The number of anilines is 1. The lowest BCUT2D eigenvalue weighted by atomic mass is 9.72. The van der Waals surface area contributed by atoms with Gasteiger partial charge in [0.2, 0.25) is 0 Å². The lowest BCUT2D eigenvalue weighted by Gasteiger charge is -2.39. The molecule has 5 aromatic rings. The highest BCUT2D eigenvalue weighted by Crippen LogP contribution is 2.43. The van der Waals surface area contributed by atoms with Crippen molar-refractivity contribution in [1.82, 2.24) is 14.6 Å². The van der Waals surface area contributed by atoms with Gasteiger partial charge in [-0.05, 0) is 128 Å². The number of hydrogen-bond acceptors (Lipinski definition) is 8. The number of rotatable bonds is 12. The average molecular weight is 837 g/mol. The predicted octanol–water partition coefficient (Wildman–Crippen LogP) is 9.63. The molecule has 310 valence electrons. The van der Waals surface area contributed by atoms with Gasteiger partial charge in [-0.3, -0.25) is 9.69 Å². The van der Waals surface area contributed by atoms with Crippen LogP contribution < -0.4 is 19.1 Å². The standard InChI is InChI=1S/C47H53ClN4O6S/c1-32-27-38(12-14-43(32)57-31-33-17-25-56-26-18-33)59(54,55)50-46(53)40-13-11-37(28-45(40)58-44-6-4-5-42-39(44)16-20-49-42)52-23-21-51(22-24-52)30-35-15-19-47(2,3)29-41(35)34-7-9-36(48)10-8-34/h4-14,16,20,27-28,33,49H,15,17-19,21-26,29-31H2,1-3H3,(H,50,53). The minimum Gasteiger partial charge on any atom is -0.493 e. The molecule has 1 aromatic heterocycles. The van der Waals surface area contributed by atoms with Gasteiger partial charge in [0.1, 0.15) is 17.2 Å². The van der Waals surface area contributed by atoms with Crippen LogP contribution in [-0.4, -0.2) is 76.8 Å². The van der Waals surface area contributed by atoms with Gasteiger partial charge in [0.15, 0.2) is 0 Å². The van der Waals surface area contributed by atoms with Gasteiger partial charge in [-0.2, -0.15) is 0 Å². The van der Waals surface area contributed by atoms with Crippen molar-refractivity contribution in [3.05, 3.63) is 118 Å². The van der Waals surface area contributed by atoms with Crippen LogP contribution in [-0.2, 0) is 14.8 Å². The molecule has 2 N–H and O–H groups in total. The van der Waals surface area contributed by atoms with E-state index in [1.165, 1.54) is 28.8 Å². The third-order valence-electron chi connectivity index (χ3n) is 12.0. The van der Waals surface area contributed by atoms with Gasteiger partial charge in [0.05, 0.1) is 17.1 Å². The number of carbonyl (C=O) groups excluding carboxylic acids is 1. The number of ether oxygens (including phenoxy) is 3. The number of aromatic nitrogens is 1. The van der Waals surface area contributed by atoms with Crippen molar-refractivity contribution in [2.24, 2.45) is 11.3 Å². The first-order chi connectivity index (χ1) is 28.4. The van der Waals surface area contributed by atoms with Crippen molar-refractivity contribution < 1.29 is 27.4 Å². The van der Waals surface area contributed by atoms with Crippen molar-refractivity contribution in [3.8, 4) is 17.2 Å². The van der Waals surface area contributed by atoms with Crippen LogP contribution in [0, 0.1) is 18.3 Å². The molecule has 12 heteroatoms. The average Bonchev–Trinajstić information content (AvgIpc) is 3.72. The minimum absolute atomic E-state index is 0.0243. The molecule has 2 aliphatic heterocycles. The normalized spacial score (nSPS) is 17.9. The number of aryl methyl sites for hydroxylation is 1. The molecule has 3 aliphatic rings. The lowest BCUT2D eigenvalue weighted by Crippen LogP contribution is -2.47. The summed E-state index contributed by atoms with van der Waals surface area (Å²) >= 11 is 6.25. The first-order valence-corrected chi connectivity index (χ1v) is 22.5. The molecule has 0 bridgehead atoms. The molecule has 10 nitrogen and oxygen atoms in total. The maximum Gasteiger partial charge on any atom is 0.268 e. The molecular weight excluding hydrogens is 784 g/mol. The molecule has 2 saturated heterocycles. The zero-order valence-corrected chi connectivity index (χ0v) is 35.6. The van der Waals surface area contributed by atoms with Crippen LogP contribution in [0.25, 0.3) is 16.5 Å². The second-order valence-electron chi connectivity index (χ2n) is 16.9. The second kappa shape index (κ2) is 17.4. The Balaban J connectivity index is 0.993. The quantitative estimate of drug-likeness (QED) is 0.128. The number of benzene rings is 4. The Morgan fingerprint density at radius 2 is 1.71 bits per heavy atom. The van der Waals surface area contributed by atoms with E-state index < -0.39 is 15.9 Å². The summed E-state index contributed by atoms with van der Waals surface area (Å²) in [6, 6.07) is 25.9. The van der Waals surface area contributed by atoms with Gasteiger partial charge < -0.3 is 24.1 Å². The number of nitrogens with one attached hydrogen (secondary N) is 2. The van der Waals surface area contributed by atoms with E-state index >= 15 is 0 Å². The van der Waals surface area contributed by atoms with E-state index in [-0.39, 0.29) is 21.6 Å². The first-order valence-electron chi connectivity index (χ1n) is 20.6. The molecular formula is C47H53ClN4O6S. The van der Waals surface area contributed by atoms with E-state index in [9.17, 15) is 13.2 Å². The van der Waals surface area contributed by atoms with Gasteiger partial charge in [0.25, 0.3) is 15.9 Å². The summed E-state index contributed by atoms with van der Waals surface area (Å²) < 4.78 is 47.7. The zero-order valence-electron chi connectivity index (χ0n) is 34.1. The highest BCUT2D eigenvalue weighted by Gasteiger charge is 2.30. The van der Waals surface area contributed by atoms with E-state index in [2.05, 4.69) is 45.5 Å². The molecule has 0 unspecified atom stereocenters. The smallest absolute Gasteiger partial charge is 0.268 e. The first kappa shape index (κ1) is 40.9. The number of aromatic amines is 1. The molecule has 0 radical (unpaired) electrons. The number of carbonyl (C=O) groups is 1. The Morgan fingerprint density at radius 1 is 0.932 bits per heavy atom. The van der Waals surface area contributed by atoms with E-state index in [0.29, 0.717) is 29.6 Å². The molecule has 3 heterocycles. The maximum atomic E-state index is 14.0. The number of hydrogen-bond donors (Lipinski definition) is 2. The molecule has 0 spiro atoms. The number of H-pyrrole nitrogens is 1. The SMILES string of the molecule is Cc1cc(S(=O)(=O)NC(=O)c2ccc(N3CCN(CC4=C(c5ccc(Cl)cc5)CC(C)(C)CC4)CC3)cc2Oc2cccc3[nH]ccc23)ccc1OCC1CCOCC1. The number of sulfonamides is 1. The van der Waals surface area contributed by atoms with Crippen LogP contribution in [0.15, 0.2) is 102 Å². The summed E-state index contributed by atoms with van der Waals surface area (Å²) in [5.41, 5.74) is 7.02. The third-order valence-corrected chi connectivity index (χ3v) is 13.6. The molecule has 1 aliphatic carbocycles. The van der Waals surface area contributed by atoms with E-state index in [1.807, 2.05) is 54.7 Å². The van der Waals surface area contributed by atoms with Gasteiger partial charge in [0, 0.05) is 79.8 Å². The summed E-state index contributed by atoms with van der Waals surface area (Å²) in [5, 5.41) is 1.60. The third kappa shape index (κ3) is 9.65. The van der Waals surface area contributed by atoms with Crippen molar-refractivity contribution >= 4 is 49.7 Å².